The van der Waals surface area contributed by atoms with Crippen LogP contribution in [0.3, 0.4) is 0 Å². The fourth-order valence-corrected chi connectivity index (χ4v) is 4.77. The average Bonchev–Trinajstić information content (AvgIpc) is 2.93. The first-order chi connectivity index (χ1) is 18.0. The zero-order valence-electron chi connectivity index (χ0n) is 19.7. The molecule has 5 rings (SSSR count). The topological polar surface area (TPSA) is 138 Å². The summed E-state index contributed by atoms with van der Waals surface area (Å²) in [6.45, 7) is 1.70. The first-order valence-electron chi connectivity index (χ1n) is 11.6. The standard InChI is InChI=1S/C24H24F2N8O2S/c25-7-2-12-37(35)33-18-4-1-3-16(20(18)26)17-5-6-19-21(30-17)23(34-8-10-36-11-9-34)32-22(31-19)15-13-28-24(27)29-14-15/h1,3-6,13-14,33H,2,7-12H2,(H2,27,28,29). The number of rotatable bonds is 8. The van der Waals surface area contributed by atoms with Crippen molar-refractivity contribution >= 4 is 39.8 Å². The number of nitrogens with one attached hydrogen (secondary N) is 1. The molecule has 1 saturated heterocycles. The highest BCUT2D eigenvalue weighted by Crippen LogP contribution is 2.32. The molecule has 1 unspecified atom stereocenters. The van der Waals surface area contributed by atoms with E-state index in [1.165, 1.54) is 6.07 Å². The molecular weight excluding hydrogens is 502 g/mol. The van der Waals surface area contributed by atoms with Crippen LogP contribution < -0.4 is 15.4 Å². The van der Waals surface area contributed by atoms with Gasteiger partial charge < -0.3 is 19.9 Å². The third-order valence-electron chi connectivity index (χ3n) is 5.73. The van der Waals surface area contributed by atoms with Crippen LogP contribution in [0.15, 0.2) is 42.7 Å². The number of halogens is 2. The molecule has 4 aromatic rings. The Labute approximate surface area is 214 Å². The Morgan fingerprint density at radius 3 is 2.62 bits per heavy atom. The second-order valence-corrected chi connectivity index (χ2v) is 9.53. The third-order valence-corrected chi connectivity index (χ3v) is 6.83. The Kier molecular flexibility index (Phi) is 7.53. The lowest BCUT2D eigenvalue weighted by Crippen LogP contribution is -2.37. The average molecular weight is 527 g/mol. The molecule has 1 aliphatic heterocycles. The van der Waals surface area contributed by atoms with Gasteiger partial charge in [0.15, 0.2) is 17.5 Å². The van der Waals surface area contributed by atoms with E-state index in [-0.39, 0.29) is 29.4 Å². The molecule has 1 aliphatic rings. The van der Waals surface area contributed by atoms with Gasteiger partial charge in [-0.3, -0.25) is 4.39 Å². The first-order valence-corrected chi connectivity index (χ1v) is 12.9. The van der Waals surface area contributed by atoms with E-state index in [0.29, 0.717) is 60.2 Å². The predicted octanol–water partition coefficient (Wildman–Crippen LogP) is 3.14. The maximum atomic E-state index is 15.4. The van der Waals surface area contributed by atoms with Crippen LogP contribution in [0.25, 0.3) is 33.7 Å². The third kappa shape index (κ3) is 5.53. The summed E-state index contributed by atoms with van der Waals surface area (Å²) in [6.07, 6.45) is 3.24. The number of hydrogen-bond acceptors (Lipinski definition) is 10. The highest BCUT2D eigenvalue weighted by Gasteiger charge is 2.21. The van der Waals surface area contributed by atoms with Gasteiger partial charge in [-0.1, -0.05) is 6.07 Å². The van der Waals surface area contributed by atoms with Gasteiger partial charge in [0.25, 0.3) is 0 Å². The molecule has 3 N–H and O–H groups in total. The van der Waals surface area contributed by atoms with E-state index in [4.69, 9.17) is 20.4 Å². The number of hydrogen-bond donors (Lipinski definition) is 2. The normalized spacial score (nSPS) is 14.6. The SMILES string of the molecule is Nc1ncc(-c2nc(N3CCOCC3)c3nc(-c4cccc(N[S+]([O-])CCCF)c4F)ccc3n2)cn1. The van der Waals surface area contributed by atoms with Crippen molar-refractivity contribution in [2.24, 2.45) is 0 Å². The summed E-state index contributed by atoms with van der Waals surface area (Å²) in [6, 6.07) is 8.14. The van der Waals surface area contributed by atoms with Gasteiger partial charge in [0.2, 0.25) is 5.95 Å². The summed E-state index contributed by atoms with van der Waals surface area (Å²) >= 11 is -1.60. The van der Waals surface area contributed by atoms with E-state index in [0.717, 1.165) is 0 Å². The molecule has 0 aliphatic carbocycles. The number of nitrogen functional groups attached to an aromatic ring is 1. The maximum Gasteiger partial charge on any atom is 0.219 e. The van der Waals surface area contributed by atoms with Gasteiger partial charge in [0, 0.05) is 37.5 Å². The van der Waals surface area contributed by atoms with Crippen LogP contribution in [0.5, 0.6) is 0 Å². The predicted molar refractivity (Wildman–Crippen MR) is 138 cm³/mol. The lowest BCUT2D eigenvalue weighted by Gasteiger charge is -2.28. The summed E-state index contributed by atoms with van der Waals surface area (Å²) in [4.78, 5) is 24.3. The largest absolute Gasteiger partial charge is 0.593 e. The number of pyridine rings is 1. The molecule has 0 saturated carbocycles. The number of nitrogens with two attached hydrogens (primary N) is 1. The van der Waals surface area contributed by atoms with E-state index in [1.807, 2.05) is 4.90 Å². The fraction of sp³-hybridized carbons (Fsp3) is 0.292. The Hall–Kier alpha value is -3.68. The van der Waals surface area contributed by atoms with Crippen LogP contribution in [0.4, 0.5) is 26.2 Å². The zero-order valence-corrected chi connectivity index (χ0v) is 20.5. The van der Waals surface area contributed by atoms with Crippen molar-refractivity contribution in [3.63, 3.8) is 0 Å². The Morgan fingerprint density at radius 2 is 1.86 bits per heavy atom. The Morgan fingerprint density at radius 1 is 1.08 bits per heavy atom. The van der Waals surface area contributed by atoms with E-state index in [9.17, 15) is 8.94 Å². The van der Waals surface area contributed by atoms with Crippen LogP contribution in [0.2, 0.25) is 0 Å². The molecule has 1 fully saturated rings. The Balaban J connectivity index is 1.57. The lowest BCUT2D eigenvalue weighted by molar-refractivity contribution is 0.122. The van der Waals surface area contributed by atoms with Gasteiger partial charge >= 0.3 is 0 Å². The minimum atomic E-state index is -1.60. The summed E-state index contributed by atoms with van der Waals surface area (Å²) in [5, 5.41) is 0. The molecule has 0 amide bonds. The second kappa shape index (κ2) is 11.2. The van der Waals surface area contributed by atoms with Gasteiger partial charge in [-0.25, -0.2) is 34.0 Å². The summed E-state index contributed by atoms with van der Waals surface area (Å²) < 4.78 is 48.1. The van der Waals surface area contributed by atoms with Crippen LogP contribution in [0, 0.1) is 5.82 Å². The highest BCUT2D eigenvalue weighted by atomic mass is 32.2. The van der Waals surface area contributed by atoms with Crippen molar-refractivity contribution in [1.82, 2.24) is 24.9 Å². The molecule has 0 bridgehead atoms. The minimum Gasteiger partial charge on any atom is -0.593 e. The summed E-state index contributed by atoms with van der Waals surface area (Å²) in [5.74, 6) is 0.623. The van der Waals surface area contributed by atoms with E-state index >= 15 is 4.39 Å². The van der Waals surface area contributed by atoms with E-state index in [2.05, 4.69) is 19.7 Å². The van der Waals surface area contributed by atoms with Crippen molar-refractivity contribution in [3.8, 4) is 22.6 Å². The van der Waals surface area contributed by atoms with Crippen LogP contribution in [-0.4, -0.2) is 68.2 Å². The molecule has 10 nitrogen and oxygen atoms in total. The summed E-state index contributed by atoms with van der Waals surface area (Å²) in [7, 11) is 0. The number of fused-ring (bicyclic) bond motifs is 1. The molecule has 0 radical (unpaired) electrons. The van der Waals surface area contributed by atoms with Crippen molar-refractivity contribution in [1.29, 1.82) is 0 Å². The van der Waals surface area contributed by atoms with Gasteiger partial charge in [-0.05, 0) is 24.3 Å². The first kappa shape index (κ1) is 25.0. The molecule has 37 heavy (non-hydrogen) atoms. The number of morpholine rings is 1. The van der Waals surface area contributed by atoms with Crippen molar-refractivity contribution in [2.75, 3.05) is 54.1 Å². The quantitative estimate of drug-likeness (QED) is 0.329. The maximum absolute atomic E-state index is 15.4. The van der Waals surface area contributed by atoms with E-state index in [1.54, 1.807) is 36.7 Å². The van der Waals surface area contributed by atoms with E-state index < -0.39 is 23.9 Å². The number of alkyl halides is 1. The molecule has 192 valence electrons. The molecular formula is C24H24F2N8O2S. The van der Waals surface area contributed by atoms with Gasteiger partial charge in [0.05, 0.1) is 48.0 Å². The molecule has 13 heteroatoms. The number of benzene rings is 1. The molecule has 1 aromatic carbocycles. The van der Waals surface area contributed by atoms with Crippen molar-refractivity contribution in [2.45, 2.75) is 6.42 Å². The van der Waals surface area contributed by atoms with Crippen LogP contribution >= 0.6 is 0 Å². The lowest BCUT2D eigenvalue weighted by atomic mass is 10.1. The monoisotopic (exact) mass is 526 g/mol. The number of nitrogens with zero attached hydrogens (tertiary/aromatic N) is 6. The molecule has 0 spiro atoms. The van der Waals surface area contributed by atoms with Crippen molar-refractivity contribution < 1.29 is 18.1 Å². The van der Waals surface area contributed by atoms with Gasteiger partial charge in [0.1, 0.15) is 17.0 Å². The van der Waals surface area contributed by atoms with Gasteiger partial charge in [-0.15, -0.1) is 0 Å². The second-order valence-electron chi connectivity index (χ2n) is 8.23. The molecule has 4 heterocycles. The number of aromatic nitrogens is 5. The fourth-order valence-electron chi connectivity index (χ4n) is 3.90. The molecule has 1 atom stereocenters. The number of anilines is 3. The summed E-state index contributed by atoms with van der Waals surface area (Å²) in [5.41, 5.74) is 7.93. The smallest absolute Gasteiger partial charge is 0.219 e. The van der Waals surface area contributed by atoms with Gasteiger partial charge in [-0.2, -0.15) is 0 Å². The Bertz CT molecular complexity index is 1390. The molecule has 3 aromatic heterocycles. The van der Waals surface area contributed by atoms with Crippen molar-refractivity contribution in [3.05, 3.63) is 48.5 Å². The highest BCUT2D eigenvalue weighted by molar-refractivity contribution is 7.92. The van der Waals surface area contributed by atoms with Crippen LogP contribution in [0.1, 0.15) is 6.42 Å². The zero-order chi connectivity index (χ0) is 25.8. The number of ether oxygens (including phenoxy) is 1. The minimum absolute atomic E-state index is 0.0555. The van der Waals surface area contributed by atoms with Crippen LogP contribution in [-0.2, 0) is 16.1 Å².